The maximum absolute atomic E-state index is 11.1. The number of benzene rings is 1. The molecule has 1 N–H and O–H groups in total. The topological polar surface area (TPSA) is 79.3 Å². The second kappa shape index (κ2) is 6.41. The summed E-state index contributed by atoms with van der Waals surface area (Å²) in [6.07, 6.45) is 1.57. The number of carboxylic acid groups (broad SMARTS) is 1. The van der Waals surface area contributed by atoms with Crippen molar-refractivity contribution >= 4 is 34.7 Å². The minimum atomic E-state index is -0.966. The Balaban J connectivity index is 2.13. The molecule has 1 aromatic carbocycles. The van der Waals surface area contributed by atoms with Crippen LogP contribution in [0.15, 0.2) is 46.8 Å². The van der Waals surface area contributed by atoms with E-state index >= 15 is 0 Å². The Kier molecular flexibility index (Phi) is 4.31. The van der Waals surface area contributed by atoms with Crippen LogP contribution in [-0.4, -0.2) is 20.5 Å². The molecular weight excluding hydrogens is 328 g/mol. The molecule has 3 aromatic rings. The number of pyridine rings is 1. The number of hydrogen-bond acceptors (Lipinski definition) is 4. The highest BCUT2D eigenvalue weighted by atomic mass is 35.5. The van der Waals surface area contributed by atoms with E-state index in [1.165, 1.54) is 0 Å². The lowest BCUT2D eigenvalue weighted by atomic mass is 10.2. The third-order valence-corrected chi connectivity index (χ3v) is 3.87. The molecule has 0 spiro atoms. The van der Waals surface area contributed by atoms with Crippen LogP contribution >= 0.6 is 11.6 Å². The minimum absolute atomic E-state index is 0.218. The molecule has 0 aliphatic carbocycles. The van der Waals surface area contributed by atoms with E-state index in [4.69, 9.17) is 16.7 Å². The Morgan fingerprint density at radius 3 is 2.79 bits per heavy atom. The van der Waals surface area contributed by atoms with Gasteiger partial charge in [-0.05, 0) is 43.2 Å². The number of aryl methyl sites for hydroxylation is 2. The fraction of sp³-hybridized carbons (Fsp3) is 0.176. The maximum Gasteiger partial charge on any atom is 0.309 e. The van der Waals surface area contributed by atoms with Crippen molar-refractivity contribution in [2.75, 3.05) is 0 Å². The third kappa shape index (κ3) is 3.14. The summed E-state index contributed by atoms with van der Waals surface area (Å²) in [6, 6.07) is 9.12. The first kappa shape index (κ1) is 16.1. The largest absolute Gasteiger partial charge is 0.481 e. The molecule has 0 fully saturated rings. The summed E-state index contributed by atoms with van der Waals surface area (Å²) in [5, 5.41) is 18.2. The number of carboxylic acids is 1. The van der Waals surface area contributed by atoms with E-state index in [9.17, 15) is 4.79 Å². The Hall–Kier alpha value is -2.73. The second-order valence-corrected chi connectivity index (χ2v) is 5.90. The molecule has 6 nitrogen and oxygen atoms in total. The molecule has 122 valence electrons. The zero-order chi connectivity index (χ0) is 17.3. The number of imidazole rings is 1. The Morgan fingerprint density at radius 1 is 1.25 bits per heavy atom. The molecule has 3 rings (SSSR count). The van der Waals surface area contributed by atoms with Crippen molar-refractivity contribution in [2.24, 2.45) is 10.2 Å². The van der Waals surface area contributed by atoms with Crippen molar-refractivity contribution in [1.82, 2.24) is 9.38 Å². The molecule has 0 amide bonds. The first-order valence-electron chi connectivity index (χ1n) is 7.32. The predicted octanol–water partition coefficient (Wildman–Crippen LogP) is 4.65. The molecule has 0 bridgehead atoms. The molecule has 0 saturated heterocycles. The summed E-state index contributed by atoms with van der Waals surface area (Å²) < 4.78 is 1.75. The number of rotatable bonds is 4. The van der Waals surface area contributed by atoms with Gasteiger partial charge in [0, 0.05) is 11.2 Å². The first-order chi connectivity index (χ1) is 11.5. The maximum atomic E-state index is 11.1. The molecule has 0 aliphatic heterocycles. The quantitative estimate of drug-likeness (QED) is 0.701. The summed E-state index contributed by atoms with van der Waals surface area (Å²) in [6.45, 7) is 3.82. The number of fused-ring (bicyclic) bond motifs is 1. The number of hydrogen-bond donors (Lipinski definition) is 1. The Morgan fingerprint density at radius 2 is 2.04 bits per heavy atom. The number of carbonyl (C=O) groups is 1. The molecule has 2 aromatic heterocycles. The van der Waals surface area contributed by atoms with Crippen LogP contribution in [0.1, 0.15) is 16.8 Å². The van der Waals surface area contributed by atoms with Crippen molar-refractivity contribution in [2.45, 2.75) is 20.3 Å². The highest BCUT2D eigenvalue weighted by Gasteiger charge is 2.16. The van der Waals surface area contributed by atoms with Crippen LogP contribution in [0.25, 0.3) is 5.65 Å². The van der Waals surface area contributed by atoms with Gasteiger partial charge in [0.25, 0.3) is 0 Å². The summed E-state index contributed by atoms with van der Waals surface area (Å²) >= 11 is 6.00. The van der Waals surface area contributed by atoms with Gasteiger partial charge in [0.05, 0.1) is 17.8 Å². The lowest BCUT2D eigenvalue weighted by molar-refractivity contribution is -0.136. The van der Waals surface area contributed by atoms with Gasteiger partial charge in [0.2, 0.25) is 0 Å². The van der Waals surface area contributed by atoms with E-state index in [1.807, 2.05) is 32.0 Å². The molecular formula is C17H15ClN4O2. The van der Waals surface area contributed by atoms with Crippen molar-refractivity contribution in [1.29, 1.82) is 0 Å². The molecule has 0 unspecified atom stereocenters. The fourth-order valence-corrected chi connectivity index (χ4v) is 2.56. The fourth-order valence-electron chi connectivity index (χ4n) is 2.40. The van der Waals surface area contributed by atoms with Gasteiger partial charge in [-0.25, -0.2) is 4.98 Å². The zero-order valence-corrected chi connectivity index (χ0v) is 13.9. The molecule has 0 saturated carbocycles. The van der Waals surface area contributed by atoms with Crippen LogP contribution in [0.2, 0.25) is 5.02 Å². The van der Waals surface area contributed by atoms with E-state index in [0.717, 1.165) is 11.1 Å². The van der Waals surface area contributed by atoms with E-state index in [2.05, 4.69) is 15.2 Å². The number of aliphatic carboxylic acids is 1. The van der Waals surface area contributed by atoms with Gasteiger partial charge in [-0.2, -0.15) is 0 Å². The second-order valence-electron chi connectivity index (χ2n) is 5.47. The van der Waals surface area contributed by atoms with E-state index in [-0.39, 0.29) is 6.42 Å². The SMILES string of the molecule is Cc1ccc(Cl)cc1N=Nc1c(CC(=O)O)nc2c(C)cccn12. The highest BCUT2D eigenvalue weighted by molar-refractivity contribution is 6.30. The van der Waals surface area contributed by atoms with Gasteiger partial charge in [-0.3, -0.25) is 9.20 Å². The Bertz CT molecular complexity index is 963. The molecule has 7 heteroatoms. The van der Waals surface area contributed by atoms with E-state index in [0.29, 0.717) is 27.9 Å². The minimum Gasteiger partial charge on any atom is -0.481 e. The summed E-state index contributed by atoms with van der Waals surface area (Å²) in [5.74, 6) is -0.554. The summed E-state index contributed by atoms with van der Waals surface area (Å²) in [7, 11) is 0. The smallest absolute Gasteiger partial charge is 0.309 e. The number of halogens is 1. The average molecular weight is 343 g/mol. The Labute approximate surface area is 143 Å². The van der Waals surface area contributed by atoms with Crippen molar-refractivity contribution in [3.8, 4) is 0 Å². The lowest BCUT2D eigenvalue weighted by Gasteiger charge is -2.01. The van der Waals surface area contributed by atoms with Crippen molar-refractivity contribution in [3.05, 3.63) is 58.4 Å². The summed E-state index contributed by atoms with van der Waals surface area (Å²) in [5.41, 5.74) is 3.54. The van der Waals surface area contributed by atoms with E-state index < -0.39 is 5.97 Å². The predicted molar refractivity (Wildman–Crippen MR) is 91.6 cm³/mol. The van der Waals surface area contributed by atoms with Gasteiger partial charge >= 0.3 is 5.97 Å². The van der Waals surface area contributed by atoms with Crippen molar-refractivity contribution in [3.63, 3.8) is 0 Å². The monoisotopic (exact) mass is 342 g/mol. The van der Waals surface area contributed by atoms with Gasteiger partial charge in [0.1, 0.15) is 5.65 Å². The standard InChI is InChI=1S/C17H15ClN4O2/c1-10-5-6-12(18)8-13(10)20-21-17-14(9-15(23)24)19-16-11(2)4-3-7-22(16)17/h3-8H,9H2,1-2H3,(H,23,24). The number of aromatic nitrogens is 2. The van der Waals surface area contributed by atoms with Crippen LogP contribution in [0.5, 0.6) is 0 Å². The lowest BCUT2D eigenvalue weighted by Crippen LogP contribution is -2.00. The van der Waals surface area contributed by atoms with Crippen LogP contribution in [0.3, 0.4) is 0 Å². The van der Waals surface area contributed by atoms with Gasteiger partial charge in [-0.1, -0.05) is 23.7 Å². The van der Waals surface area contributed by atoms with Gasteiger partial charge in [-0.15, -0.1) is 10.2 Å². The first-order valence-corrected chi connectivity index (χ1v) is 7.69. The zero-order valence-electron chi connectivity index (χ0n) is 13.2. The normalized spacial score (nSPS) is 11.5. The molecule has 0 aliphatic rings. The average Bonchev–Trinajstić information content (AvgIpc) is 2.86. The molecule has 0 atom stereocenters. The van der Waals surface area contributed by atoms with Gasteiger partial charge in [0.15, 0.2) is 5.82 Å². The third-order valence-electron chi connectivity index (χ3n) is 3.63. The van der Waals surface area contributed by atoms with Crippen LogP contribution in [0, 0.1) is 13.8 Å². The molecule has 0 radical (unpaired) electrons. The van der Waals surface area contributed by atoms with Crippen molar-refractivity contribution < 1.29 is 9.90 Å². The molecule has 2 heterocycles. The van der Waals surface area contributed by atoms with Crippen LogP contribution < -0.4 is 0 Å². The van der Waals surface area contributed by atoms with Gasteiger partial charge < -0.3 is 5.11 Å². The van der Waals surface area contributed by atoms with Crippen LogP contribution in [0.4, 0.5) is 11.5 Å². The van der Waals surface area contributed by atoms with Crippen LogP contribution in [-0.2, 0) is 11.2 Å². The highest BCUT2D eigenvalue weighted by Crippen LogP contribution is 2.28. The summed E-state index contributed by atoms with van der Waals surface area (Å²) in [4.78, 5) is 15.5. The van der Waals surface area contributed by atoms with E-state index in [1.54, 1.807) is 22.7 Å². The number of azo groups is 1. The molecule has 24 heavy (non-hydrogen) atoms. The number of nitrogens with zero attached hydrogens (tertiary/aromatic N) is 4.